The van der Waals surface area contributed by atoms with Crippen molar-refractivity contribution in [1.29, 1.82) is 0 Å². The fourth-order valence-electron chi connectivity index (χ4n) is 2.42. The molecule has 1 fully saturated rings. The van der Waals surface area contributed by atoms with E-state index in [-0.39, 0.29) is 18.1 Å². The molecular formula is C18H25BN2O5. The van der Waals surface area contributed by atoms with Crippen molar-refractivity contribution in [2.45, 2.75) is 45.8 Å². The van der Waals surface area contributed by atoms with Crippen LogP contribution in [0.5, 0.6) is 0 Å². The predicted octanol–water partition coefficient (Wildman–Crippen LogP) is 2.02. The molecule has 1 N–H and O–H groups in total. The van der Waals surface area contributed by atoms with Crippen molar-refractivity contribution in [3.05, 3.63) is 35.1 Å². The molecule has 2 heterocycles. The van der Waals surface area contributed by atoms with Gasteiger partial charge in [-0.25, -0.2) is 9.78 Å². The van der Waals surface area contributed by atoms with Gasteiger partial charge in [0.25, 0.3) is 0 Å². The number of ether oxygens (including phenoxy) is 1. The molecule has 1 aliphatic heterocycles. The Hall–Kier alpha value is -2.19. The minimum absolute atomic E-state index is 0.174. The number of aromatic nitrogens is 1. The zero-order valence-electron chi connectivity index (χ0n) is 16.1. The summed E-state index contributed by atoms with van der Waals surface area (Å²) in [7, 11) is 0.647. The van der Waals surface area contributed by atoms with Crippen LogP contribution in [0.15, 0.2) is 23.8 Å². The number of hydrogen-bond acceptors (Lipinski definition) is 6. The number of nitrogens with one attached hydrogen (secondary N) is 1. The highest BCUT2D eigenvalue weighted by Gasteiger charge is 2.52. The quantitative estimate of drug-likeness (QED) is 0.639. The Morgan fingerprint density at radius 3 is 2.42 bits per heavy atom. The zero-order valence-corrected chi connectivity index (χ0v) is 16.1. The second kappa shape index (κ2) is 7.59. The van der Waals surface area contributed by atoms with E-state index in [4.69, 9.17) is 14.0 Å². The number of hydrogen-bond donors (Lipinski definition) is 1. The van der Waals surface area contributed by atoms with Crippen LogP contribution < -0.4 is 5.32 Å². The third-order valence-electron chi connectivity index (χ3n) is 4.66. The normalized spacial score (nSPS) is 18.5. The molecule has 2 rings (SSSR count). The number of carbonyl (C=O) groups is 2. The lowest BCUT2D eigenvalue weighted by Crippen LogP contribution is -2.41. The standard InChI is InChI=1S/C18H25BN2O5/c1-12(22)21-11-14(19-25-17(2,3)18(4,5)26-19)10-13-8-7-9-20-15(13)16(23)24-6/h7-10H,11H2,1-6H3,(H,21,22). The lowest BCUT2D eigenvalue weighted by Gasteiger charge is -2.32. The first-order valence-electron chi connectivity index (χ1n) is 8.41. The maximum atomic E-state index is 12.0. The smallest absolute Gasteiger partial charge is 0.464 e. The van der Waals surface area contributed by atoms with Crippen LogP contribution in [0.3, 0.4) is 0 Å². The number of rotatable bonds is 5. The summed E-state index contributed by atoms with van der Waals surface area (Å²) in [4.78, 5) is 27.4. The molecule has 1 aromatic rings. The number of nitrogens with zero attached hydrogens (tertiary/aromatic N) is 1. The molecule has 1 aromatic heterocycles. The predicted molar refractivity (Wildman–Crippen MR) is 98.3 cm³/mol. The topological polar surface area (TPSA) is 86.8 Å². The molecule has 8 heteroatoms. The largest absolute Gasteiger partial charge is 0.492 e. The van der Waals surface area contributed by atoms with Crippen molar-refractivity contribution < 1.29 is 23.6 Å². The molecule has 0 unspecified atom stereocenters. The SMILES string of the molecule is COC(=O)c1ncccc1C=C(CNC(C)=O)B1OC(C)(C)C(C)(C)O1. The van der Waals surface area contributed by atoms with Gasteiger partial charge in [0, 0.05) is 25.2 Å². The third kappa shape index (κ3) is 4.31. The van der Waals surface area contributed by atoms with Crippen LogP contribution in [-0.4, -0.2) is 48.8 Å². The molecule has 0 aromatic carbocycles. The molecule has 7 nitrogen and oxygen atoms in total. The summed E-state index contributed by atoms with van der Waals surface area (Å²) in [6.07, 6.45) is 3.27. The first-order chi connectivity index (χ1) is 12.1. The monoisotopic (exact) mass is 360 g/mol. The van der Waals surface area contributed by atoms with E-state index in [0.717, 1.165) is 0 Å². The van der Waals surface area contributed by atoms with Crippen molar-refractivity contribution in [3.63, 3.8) is 0 Å². The molecule has 0 aliphatic carbocycles. The Bertz CT molecular complexity index is 714. The first kappa shape index (κ1) is 20.1. The second-order valence-corrected chi connectivity index (χ2v) is 7.15. The Morgan fingerprint density at radius 2 is 1.88 bits per heavy atom. The fraction of sp³-hybridized carbons (Fsp3) is 0.500. The Balaban J connectivity index is 2.42. The molecule has 0 atom stereocenters. The van der Waals surface area contributed by atoms with Gasteiger partial charge in [0.1, 0.15) is 0 Å². The van der Waals surface area contributed by atoms with E-state index in [1.165, 1.54) is 20.2 Å². The molecule has 140 valence electrons. The van der Waals surface area contributed by atoms with Crippen LogP contribution in [-0.2, 0) is 18.8 Å². The summed E-state index contributed by atoms with van der Waals surface area (Å²) in [5.41, 5.74) is 0.387. The van der Waals surface area contributed by atoms with Crippen molar-refractivity contribution in [1.82, 2.24) is 10.3 Å². The van der Waals surface area contributed by atoms with Gasteiger partial charge in [0.15, 0.2) is 5.69 Å². The lowest BCUT2D eigenvalue weighted by molar-refractivity contribution is -0.118. The van der Waals surface area contributed by atoms with Gasteiger partial charge in [0.2, 0.25) is 5.91 Å². The molecule has 1 saturated heterocycles. The first-order valence-corrected chi connectivity index (χ1v) is 8.41. The summed E-state index contributed by atoms with van der Waals surface area (Å²) >= 11 is 0. The highest BCUT2D eigenvalue weighted by molar-refractivity contribution is 6.56. The van der Waals surface area contributed by atoms with Crippen molar-refractivity contribution >= 4 is 25.1 Å². The van der Waals surface area contributed by atoms with Crippen LogP contribution in [0.25, 0.3) is 6.08 Å². The average molecular weight is 360 g/mol. The molecule has 26 heavy (non-hydrogen) atoms. The zero-order chi connectivity index (χ0) is 19.5. The number of carbonyl (C=O) groups excluding carboxylic acids is 2. The summed E-state index contributed by atoms with van der Waals surface area (Å²) in [6.45, 7) is 9.47. The number of amides is 1. The molecule has 0 saturated carbocycles. The van der Waals surface area contributed by atoms with E-state index in [1.807, 2.05) is 27.7 Å². The fourth-order valence-corrected chi connectivity index (χ4v) is 2.42. The van der Waals surface area contributed by atoms with Gasteiger partial charge in [-0.05, 0) is 39.2 Å². The Kier molecular flexibility index (Phi) is 5.88. The van der Waals surface area contributed by atoms with Crippen LogP contribution in [0, 0.1) is 0 Å². The van der Waals surface area contributed by atoms with Crippen LogP contribution in [0.1, 0.15) is 50.7 Å². The van der Waals surface area contributed by atoms with Crippen LogP contribution in [0.2, 0.25) is 0 Å². The van der Waals surface area contributed by atoms with E-state index in [0.29, 0.717) is 11.0 Å². The van der Waals surface area contributed by atoms with E-state index in [2.05, 4.69) is 10.3 Å². The minimum atomic E-state index is -0.655. The van der Waals surface area contributed by atoms with Crippen LogP contribution in [0.4, 0.5) is 0 Å². The van der Waals surface area contributed by atoms with E-state index in [1.54, 1.807) is 18.2 Å². The van der Waals surface area contributed by atoms with Gasteiger partial charge < -0.3 is 19.4 Å². The second-order valence-electron chi connectivity index (χ2n) is 7.15. The summed E-state index contributed by atoms with van der Waals surface area (Å²) in [5, 5.41) is 2.76. The highest BCUT2D eigenvalue weighted by atomic mass is 16.7. The van der Waals surface area contributed by atoms with Crippen molar-refractivity contribution in [2.24, 2.45) is 0 Å². The van der Waals surface area contributed by atoms with Gasteiger partial charge >= 0.3 is 13.1 Å². The molecule has 0 bridgehead atoms. The molecular weight excluding hydrogens is 335 g/mol. The van der Waals surface area contributed by atoms with Crippen molar-refractivity contribution in [2.75, 3.05) is 13.7 Å². The number of pyridine rings is 1. The number of methoxy groups -OCH3 is 1. The van der Waals surface area contributed by atoms with Gasteiger partial charge in [-0.1, -0.05) is 12.1 Å². The van der Waals surface area contributed by atoms with Gasteiger partial charge in [-0.2, -0.15) is 0 Å². The van der Waals surface area contributed by atoms with Gasteiger partial charge in [0.05, 0.1) is 18.3 Å². The van der Waals surface area contributed by atoms with E-state index in [9.17, 15) is 9.59 Å². The molecule has 0 radical (unpaired) electrons. The Labute approximate surface area is 154 Å². The summed E-state index contributed by atoms with van der Waals surface area (Å²) in [5.74, 6) is -0.712. The van der Waals surface area contributed by atoms with Gasteiger partial charge in [-0.15, -0.1) is 0 Å². The maximum Gasteiger partial charge on any atom is 0.492 e. The van der Waals surface area contributed by atoms with Crippen molar-refractivity contribution in [3.8, 4) is 0 Å². The maximum absolute atomic E-state index is 12.0. The van der Waals surface area contributed by atoms with Gasteiger partial charge in [-0.3, -0.25) is 4.79 Å². The van der Waals surface area contributed by atoms with E-state index < -0.39 is 24.3 Å². The summed E-state index contributed by atoms with van der Waals surface area (Å²) in [6, 6.07) is 3.47. The average Bonchev–Trinajstić information content (AvgIpc) is 2.78. The lowest BCUT2D eigenvalue weighted by atomic mass is 9.76. The third-order valence-corrected chi connectivity index (χ3v) is 4.66. The minimum Gasteiger partial charge on any atom is -0.464 e. The molecule has 0 spiro atoms. The molecule has 1 amide bonds. The molecule has 1 aliphatic rings. The summed E-state index contributed by atoms with van der Waals surface area (Å²) < 4.78 is 16.9. The highest BCUT2D eigenvalue weighted by Crippen LogP contribution is 2.38. The Morgan fingerprint density at radius 1 is 1.27 bits per heavy atom. The van der Waals surface area contributed by atoms with E-state index >= 15 is 0 Å². The number of esters is 1. The van der Waals surface area contributed by atoms with Crippen LogP contribution >= 0.6 is 0 Å².